The van der Waals surface area contributed by atoms with Crippen molar-refractivity contribution in [1.82, 2.24) is 9.78 Å². The van der Waals surface area contributed by atoms with Crippen LogP contribution in [0.15, 0.2) is 28.4 Å². The molecule has 0 spiro atoms. The third-order valence-electron chi connectivity index (χ3n) is 8.55. The highest BCUT2D eigenvalue weighted by Crippen LogP contribution is 2.60. The molecule has 5 rings (SSSR count). The fraction of sp³-hybridized carbons (Fsp3) is 0.577. The van der Waals surface area contributed by atoms with Gasteiger partial charge in [-0.2, -0.15) is 15.3 Å². The fourth-order valence-electron chi connectivity index (χ4n) is 6.88. The maximum absolute atomic E-state index is 9.89. The normalized spacial score (nSPS) is 31.1. The summed E-state index contributed by atoms with van der Waals surface area (Å²) in [4.78, 5) is 0. The first-order valence-corrected chi connectivity index (χ1v) is 11.9. The quantitative estimate of drug-likeness (QED) is 0.524. The van der Waals surface area contributed by atoms with Crippen LogP contribution in [-0.2, 0) is 13.0 Å². The zero-order valence-electron chi connectivity index (χ0n) is 19.2. The van der Waals surface area contributed by atoms with Crippen molar-refractivity contribution >= 4 is 11.9 Å². The lowest BCUT2D eigenvalue weighted by molar-refractivity contribution is 0.0955. The Bertz CT molecular complexity index is 1070. The van der Waals surface area contributed by atoms with E-state index in [9.17, 15) is 5.11 Å². The Balaban J connectivity index is 1.38. The molecule has 1 heterocycles. The van der Waals surface area contributed by atoms with Crippen molar-refractivity contribution in [3.8, 4) is 5.75 Å². The summed E-state index contributed by atoms with van der Waals surface area (Å²) in [5.41, 5.74) is 7.59. The van der Waals surface area contributed by atoms with Gasteiger partial charge in [0.15, 0.2) is 0 Å². The first-order valence-electron chi connectivity index (χ1n) is 11.9. The molecule has 3 aliphatic carbocycles. The number of nitrogens with zero attached hydrogens (tertiary/aromatic N) is 4. The standard InChI is InChI=1S/C26H34N4O/c1-5-30-17(3)23(16(2)29-30)15-27-28-25-11-10-24-22-8-6-18-14-19(31)7-9-20(18)21(22)12-13-26(24,25)4/h7,9,14-15,21-22,24,31H,5-6,8,10-13H2,1-4H3/b27-15-,28-25-/t21-,22+,24+,26-/m0/s1. The van der Waals surface area contributed by atoms with E-state index >= 15 is 0 Å². The van der Waals surface area contributed by atoms with Gasteiger partial charge >= 0.3 is 0 Å². The van der Waals surface area contributed by atoms with Gasteiger partial charge in [-0.05, 0) is 100 Å². The Morgan fingerprint density at radius 2 is 2.06 bits per heavy atom. The Kier molecular flexibility index (Phi) is 5.03. The van der Waals surface area contributed by atoms with E-state index in [1.807, 2.05) is 30.0 Å². The van der Waals surface area contributed by atoms with Crippen LogP contribution < -0.4 is 0 Å². The van der Waals surface area contributed by atoms with Crippen molar-refractivity contribution in [2.24, 2.45) is 27.5 Å². The van der Waals surface area contributed by atoms with Crippen molar-refractivity contribution in [1.29, 1.82) is 0 Å². The minimum Gasteiger partial charge on any atom is -0.508 e. The molecule has 164 valence electrons. The van der Waals surface area contributed by atoms with Gasteiger partial charge in [-0.25, -0.2) is 0 Å². The van der Waals surface area contributed by atoms with E-state index in [0.717, 1.165) is 42.3 Å². The molecule has 0 saturated heterocycles. The summed E-state index contributed by atoms with van der Waals surface area (Å²) in [6, 6.07) is 6.04. The van der Waals surface area contributed by atoms with Gasteiger partial charge in [0.25, 0.3) is 0 Å². The van der Waals surface area contributed by atoms with Gasteiger partial charge in [0, 0.05) is 28.9 Å². The third-order valence-corrected chi connectivity index (χ3v) is 8.55. The molecule has 3 aliphatic rings. The smallest absolute Gasteiger partial charge is 0.115 e. The molecule has 1 N–H and O–H groups in total. The summed E-state index contributed by atoms with van der Waals surface area (Å²) in [6.45, 7) is 9.57. The first kappa shape index (κ1) is 20.5. The summed E-state index contributed by atoms with van der Waals surface area (Å²) in [6.07, 6.45) is 8.90. The number of aromatic nitrogens is 2. The third kappa shape index (κ3) is 3.24. The van der Waals surface area contributed by atoms with Gasteiger partial charge < -0.3 is 5.11 Å². The molecule has 2 fully saturated rings. The van der Waals surface area contributed by atoms with Crippen LogP contribution in [0.4, 0.5) is 0 Å². The van der Waals surface area contributed by atoms with Gasteiger partial charge in [0.2, 0.25) is 0 Å². The predicted octanol–water partition coefficient (Wildman–Crippen LogP) is 5.56. The second-order valence-corrected chi connectivity index (χ2v) is 9.98. The predicted molar refractivity (Wildman–Crippen MR) is 125 cm³/mol. The number of aromatic hydroxyl groups is 1. The molecule has 31 heavy (non-hydrogen) atoms. The minimum atomic E-state index is 0.171. The lowest BCUT2D eigenvalue weighted by Crippen LogP contribution is -2.42. The number of phenols is 1. The second kappa shape index (κ2) is 7.61. The van der Waals surface area contributed by atoms with E-state index in [2.05, 4.69) is 37.0 Å². The average Bonchev–Trinajstić information content (AvgIpc) is 3.23. The molecule has 2 saturated carbocycles. The van der Waals surface area contributed by atoms with E-state index < -0.39 is 0 Å². The molecule has 0 aliphatic heterocycles. The van der Waals surface area contributed by atoms with Crippen LogP contribution in [0.1, 0.15) is 79.9 Å². The topological polar surface area (TPSA) is 62.8 Å². The number of aryl methyl sites for hydroxylation is 3. The number of rotatable bonds is 3. The van der Waals surface area contributed by atoms with Crippen LogP contribution in [0.5, 0.6) is 5.75 Å². The van der Waals surface area contributed by atoms with Crippen LogP contribution in [0.2, 0.25) is 0 Å². The van der Waals surface area contributed by atoms with E-state index in [4.69, 9.17) is 5.10 Å². The number of hydrogen-bond acceptors (Lipinski definition) is 4. The zero-order valence-corrected chi connectivity index (χ0v) is 19.2. The molecule has 1 aromatic carbocycles. The summed E-state index contributed by atoms with van der Waals surface area (Å²) in [5.74, 6) is 2.45. The molecule has 0 unspecified atom stereocenters. The first-order chi connectivity index (χ1) is 14.9. The van der Waals surface area contributed by atoms with Gasteiger partial charge in [-0.15, -0.1) is 0 Å². The lowest BCUT2D eigenvalue weighted by atomic mass is 9.55. The largest absolute Gasteiger partial charge is 0.508 e. The van der Waals surface area contributed by atoms with Crippen molar-refractivity contribution in [3.63, 3.8) is 0 Å². The van der Waals surface area contributed by atoms with Crippen molar-refractivity contribution in [3.05, 3.63) is 46.3 Å². The number of hydrogen-bond donors (Lipinski definition) is 1. The Labute approximate surface area is 185 Å². The second-order valence-electron chi connectivity index (χ2n) is 9.98. The molecule has 0 radical (unpaired) electrons. The summed E-state index contributed by atoms with van der Waals surface area (Å²) in [5, 5.41) is 23.8. The van der Waals surface area contributed by atoms with Crippen LogP contribution in [0.25, 0.3) is 0 Å². The fourth-order valence-corrected chi connectivity index (χ4v) is 6.88. The maximum atomic E-state index is 9.89. The van der Waals surface area contributed by atoms with Crippen LogP contribution in [-0.4, -0.2) is 26.8 Å². The molecular weight excluding hydrogens is 384 g/mol. The highest BCUT2D eigenvalue weighted by molar-refractivity contribution is 5.93. The lowest BCUT2D eigenvalue weighted by Gasteiger charge is -2.49. The van der Waals surface area contributed by atoms with Crippen molar-refractivity contribution in [2.75, 3.05) is 0 Å². The Hall–Kier alpha value is -2.43. The van der Waals surface area contributed by atoms with E-state index in [1.165, 1.54) is 42.5 Å². The zero-order chi connectivity index (χ0) is 21.8. The summed E-state index contributed by atoms with van der Waals surface area (Å²) < 4.78 is 2.03. The Morgan fingerprint density at radius 3 is 2.84 bits per heavy atom. The van der Waals surface area contributed by atoms with Gasteiger partial charge in [-0.3, -0.25) is 4.68 Å². The van der Waals surface area contributed by atoms with Crippen molar-refractivity contribution in [2.45, 2.75) is 78.7 Å². The van der Waals surface area contributed by atoms with E-state index in [1.54, 1.807) is 0 Å². The maximum Gasteiger partial charge on any atom is 0.115 e. The monoisotopic (exact) mass is 418 g/mol. The van der Waals surface area contributed by atoms with E-state index in [0.29, 0.717) is 17.6 Å². The van der Waals surface area contributed by atoms with Gasteiger partial charge in [0.05, 0.1) is 11.9 Å². The molecule has 0 amide bonds. The highest BCUT2D eigenvalue weighted by Gasteiger charge is 2.53. The number of fused-ring (bicyclic) bond motifs is 5. The molecule has 5 heteroatoms. The molecule has 5 nitrogen and oxygen atoms in total. The average molecular weight is 419 g/mol. The van der Waals surface area contributed by atoms with Crippen molar-refractivity contribution < 1.29 is 5.11 Å². The minimum absolute atomic E-state index is 0.171. The van der Waals surface area contributed by atoms with Crippen LogP contribution in [0.3, 0.4) is 0 Å². The molecule has 0 bridgehead atoms. The molecular formula is C26H34N4O. The summed E-state index contributed by atoms with van der Waals surface area (Å²) >= 11 is 0. The van der Waals surface area contributed by atoms with Crippen LogP contribution in [0, 0.1) is 31.1 Å². The molecule has 4 atom stereocenters. The number of benzene rings is 1. The summed E-state index contributed by atoms with van der Waals surface area (Å²) in [7, 11) is 0. The highest BCUT2D eigenvalue weighted by atomic mass is 16.3. The SMILES string of the molecule is CCn1nc(C)c(/C=N\N=C2\CC[C@@H]3[C@@H]4CCc5cc(O)ccc5[C@@H]4CC[C@]23C)c1C. The van der Waals surface area contributed by atoms with E-state index in [-0.39, 0.29) is 5.41 Å². The van der Waals surface area contributed by atoms with Gasteiger partial charge in [-0.1, -0.05) is 13.0 Å². The molecule has 1 aromatic heterocycles. The molecule has 2 aromatic rings. The number of phenolic OH excluding ortho intramolecular Hbond substituents is 1. The van der Waals surface area contributed by atoms with Crippen LogP contribution >= 0.6 is 0 Å². The Morgan fingerprint density at radius 1 is 1.23 bits per heavy atom. The van der Waals surface area contributed by atoms with Gasteiger partial charge in [0.1, 0.15) is 5.75 Å².